The molecule has 6 rings (SSSR count). The summed E-state index contributed by atoms with van der Waals surface area (Å²) in [5.41, 5.74) is 3.12. The minimum atomic E-state index is -1.16. The first-order chi connectivity index (χ1) is 18.0. The molecule has 1 fully saturated rings. The van der Waals surface area contributed by atoms with Crippen molar-refractivity contribution in [2.75, 3.05) is 21.4 Å². The van der Waals surface area contributed by atoms with Gasteiger partial charge in [0.1, 0.15) is 18.0 Å². The van der Waals surface area contributed by atoms with E-state index in [0.29, 0.717) is 22.2 Å². The van der Waals surface area contributed by atoms with Gasteiger partial charge in [0.25, 0.3) is 5.91 Å². The van der Waals surface area contributed by atoms with Gasteiger partial charge in [-0.1, -0.05) is 25.3 Å². The Morgan fingerprint density at radius 1 is 1.11 bits per heavy atom. The highest BCUT2D eigenvalue weighted by Crippen LogP contribution is 2.43. The number of carbonyl (C=O) groups is 1. The van der Waals surface area contributed by atoms with E-state index in [-0.39, 0.29) is 11.9 Å². The van der Waals surface area contributed by atoms with Crippen LogP contribution in [-0.4, -0.2) is 49.0 Å². The minimum Gasteiger partial charge on any atom is -0.612 e. The van der Waals surface area contributed by atoms with Gasteiger partial charge in [-0.2, -0.15) is 10.1 Å². The Morgan fingerprint density at radius 3 is 2.76 bits per heavy atom. The average molecular weight is 516 g/mol. The Labute approximate surface area is 218 Å². The van der Waals surface area contributed by atoms with Crippen LogP contribution in [0.5, 0.6) is 0 Å². The van der Waals surface area contributed by atoms with Crippen LogP contribution in [0.4, 0.5) is 28.8 Å². The number of rotatable bonds is 5. The van der Waals surface area contributed by atoms with Crippen LogP contribution < -0.4 is 15.1 Å². The zero-order valence-electron chi connectivity index (χ0n) is 20.8. The fraction of sp³-hybridized carbons (Fsp3) is 0.333. The number of carbonyl (C=O) groups excluding carboxylic acids is 1. The number of hydrogen-bond acceptors (Lipinski definition) is 7. The monoisotopic (exact) mass is 515 g/mol. The van der Waals surface area contributed by atoms with Crippen molar-refractivity contribution in [3.05, 3.63) is 54.9 Å². The zero-order chi connectivity index (χ0) is 25.5. The molecule has 4 aromatic rings. The molecule has 0 radical (unpaired) electrons. The zero-order valence-corrected chi connectivity index (χ0v) is 21.7. The predicted octanol–water partition coefficient (Wildman–Crippen LogP) is 5.04. The normalized spacial score (nSPS) is 19.2. The topological polar surface area (TPSA) is 113 Å². The summed E-state index contributed by atoms with van der Waals surface area (Å²) in [6.45, 7) is 1.96. The number of hydrogen-bond donors (Lipinski definition) is 2. The minimum absolute atomic E-state index is 0.0353. The lowest BCUT2D eigenvalue weighted by Gasteiger charge is -2.45. The Hall–Kier alpha value is -3.63. The molecule has 0 bridgehead atoms. The smallest absolute Gasteiger partial charge is 0.254 e. The number of fused-ring (bicyclic) bond motifs is 2. The Kier molecular flexibility index (Phi) is 6.21. The third kappa shape index (κ3) is 4.40. The van der Waals surface area contributed by atoms with Crippen molar-refractivity contribution in [3.63, 3.8) is 0 Å². The number of nitrogens with one attached hydrogen (secondary N) is 2. The molecule has 1 aliphatic carbocycles. The van der Waals surface area contributed by atoms with Gasteiger partial charge in [-0.15, -0.1) is 0 Å². The number of benzene rings is 2. The first-order valence-corrected chi connectivity index (χ1v) is 14.2. The van der Waals surface area contributed by atoms with E-state index in [1.165, 1.54) is 6.42 Å². The lowest BCUT2D eigenvalue weighted by Crippen LogP contribution is -2.55. The molecule has 2 aromatic heterocycles. The second-order valence-corrected chi connectivity index (χ2v) is 11.1. The molecule has 1 saturated carbocycles. The molecule has 1 aliphatic heterocycles. The van der Waals surface area contributed by atoms with Gasteiger partial charge in [0.2, 0.25) is 5.95 Å². The molecular weight excluding hydrogens is 486 g/mol. The molecule has 0 spiro atoms. The van der Waals surface area contributed by atoms with Crippen LogP contribution in [0.3, 0.4) is 0 Å². The molecule has 190 valence electrons. The van der Waals surface area contributed by atoms with Crippen LogP contribution in [0.25, 0.3) is 10.9 Å². The van der Waals surface area contributed by atoms with E-state index in [9.17, 15) is 9.35 Å². The van der Waals surface area contributed by atoms with E-state index >= 15 is 0 Å². The van der Waals surface area contributed by atoms with Gasteiger partial charge in [-0.25, -0.2) is 4.98 Å². The summed E-state index contributed by atoms with van der Waals surface area (Å²) in [6, 6.07) is 13.1. The van der Waals surface area contributed by atoms with Gasteiger partial charge in [-0.05, 0) is 61.3 Å². The molecule has 3 heterocycles. The molecule has 2 atom stereocenters. The van der Waals surface area contributed by atoms with Gasteiger partial charge in [-0.3, -0.25) is 14.8 Å². The van der Waals surface area contributed by atoms with Gasteiger partial charge < -0.3 is 14.8 Å². The predicted molar refractivity (Wildman–Crippen MR) is 146 cm³/mol. The molecule has 0 saturated heterocycles. The molecular formula is C27H29N7O2S. The fourth-order valence-corrected chi connectivity index (χ4v) is 6.00. The molecule has 37 heavy (non-hydrogen) atoms. The second-order valence-electron chi connectivity index (χ2n) is 9.70. The molecule has 9 nitrogen and oxygen atoms in total. The van der Waals surface area contributed by atoms with E-state index < -0.39 is 17.2 Å². The quantitative estimate of drug-likeness (QED) is 0.358. The van der Waals surface area contributed by atoms with Crippen molar-refractivity contribution in [2.45, 2.75) is 56.0 Å². The van der Waals surface area contributed by atoms with E-state index in [0.717, 1.165) is 48.1 Å². The summed E-state index contributed by atoms with van der Waals surface area (Å²) in [4.78, 5) is 27.9. The number of amides is 1. The first kappa shape index (κ1) is 23.7. The Morgan fingerprint density at radius 2 is 1.95 bits per heavy atom. The summed E-state index contributed by atoms with van der Waals surface area (Å²) < 4.78 is 12.2. The lowest BCUT2D eigenvalue weighted by atomic mass is 9.92. The SMILES string of the molecule is C[C@@H]1C(=O)N(c2cccc([S+](C)[O-])c2)c2cnc(Nc3ccc4[nH]ncc4c3)nc2N1C1CCCCC1. The summed E-state index contributed by atoms with van der Waals surface area (Å²) >= 11 is -1.16. The van der Waals surface area contributed by atoms with Gasteiger partial charge in [0, 0.05) is 23.2 Å². The molecule has 1 unspecified atom stereocenters. The Bertz CT molecular complexity index is 1450. The molecule has 10 heteroatoms. The van der Waals surface area contributed by atoms with Gasteiger partial charge >= 0.3 is 0 Å². The molecule has 2 aliphatic rings. The number of aromatic nitrogens is 4. The third-order valence-electron chi connectivity index (χ3n) is 7.30. The van der Waals surface area contributed by atoms with E-state index in [1.807, 2.05) is 49.4 Å². The second kappa shape index (κ2) is 9.68. The third-order valence-corrected chi connectivity index (χ3v) is 8.22. The van der Waals surface area contributed by atoms with Crippen LogP contribution in [0.1, 0.15) is 39.0 Å². The van der Waals surface area contributed by atoms with Crippen LogP contribution in [0.15, 0.2) is 59.8 Å². The first-order valence-electron chi connectivity index (χ1n) is 12.6. The van der Waals surface area contributed by atoms with E-state index in [4.69, 9.17) is 4.98 Å². The van der Waals surface area contributed by atoms with Crippen LogP contribution in [0.2, 0.25) is 0 Å². The largest absolute Gasteiger partial charge is 0.612 e. The average Bonchev–Trinajstić information content (AvgIpc) is 3.38. The highest BCUT2D eigenvalue weighted by Gasteiger charge is 2.41. The highest BCUT2D eigenvalue weighted by atomic mass is 32.2. The highest BCUT2D eigenvalue weighted by molar-refractivity contribution is 7.90. The molecule has 2 aromatic carbocycles. The number of nitrogens with zero attached hydrogens (tertiary/aromatic N) is 5. The number of aromatic amines is 1. The number of H-pyrrole nitrogens is 1. The van der Waals surface area contributed by atoms with Crippen molar-refractivity contribution in [1.82, 2.24) is 20.2 Å². The van der Waals surface area contributed by atoms with E-state index in [2.05, 4.69) is 25.4 Å². The summed E-state index contributed by atoms with van der Waals surface area (Å²) in [5, 5.41) is 11.4. The van der Waals surface area contributed by atoms with Gasteiger partial charge in [0.15, 0.2) is 10.7 Å². The van der Waals surface area contributed by atoms with Crippen LogP contribution >= 0.6 is 0 Å². The maximum atomic E-state index is 13.8. The van der Waals surface area contributed by atoms with Crippen LogP contribution in [-0.2, 0) is 16.0 Å². The van der Waals surface area contributed by atoms with Crippen molar-refractivity contribution < 1.29 is 9.35 Å². The fourth-order valence-electron chi connectivity index (χ4n) is 5.45. The van der Waals surface area contributed by atoms with Gasteiger partial charge in [0.05, 0.1) is 23.6 Å². The maximum Gasteiger partial charge on any atom is 0.254 e. The number of anilines is 5. The maximum absolute atomic E-state index is 13.8. The summed E-state index contributed by atoms with van der Waals surface area (Å²) in [7, 11) is 0. The summed E-state index contributed by atoms with van der Waals surface area (Å²) in [5.74, 6) is 1.17. The standard InChI is InChI=1S/C27H29N7O2S/c1-17-26(35)34(21-9-6-10-22(14-21)37(2)36)24-16-28-27(30-19-11-12-23-18(13-19)15-29-32-23)31-25(24)33(17)20-7-4-3-5-8-20/h6,9-17,20H,3-5,7-8H2,1-2H3,(H,29,32)(H,28,30,31)/t17-,37?/m1/s1. The molecule has 1 amide bonds. The Balaban J connectivity index is 1.43. The van der Waals surface area contributed by atoms with Crippen LogP contribution in [0, 0.1) is 0 Å². The van der Waals surface area contributed by atoms with E-state index in [1.54, 1.807) is 23.5 Å². The van der Waals surface area contributed by atoms with Crippen molar-refractivity contribution >= 4 is 56.8 Å². The lowest BCUT2D eigenvalue weighted by molar-refractivity contribution is -0.119. The van der Waals surface area contributed by atoms with Crippen molar-refractivity contribution in [2.24, 2.45) is 0 Å². The summed E-state index contributed by atoms with van der Waals surface area (Å²) in [6.07, 6.45) is 10.7. The molecule has 2 N–H and O–H groups in total. The van der Waals surface area contributed by atoms with Crippen molar-refractivity contribution in [1.29, 1.82) is 0 Å². The van der Waals surface area contributed by atoms with Crippen molar-refractivity contribution in [3.8, 4) is 0 Å².